The van der Waals surface area contributed by atoms with E-state index in [1.54, 1.807) is 0 Å². The maximum absolute atomic E-state index is 8.55. The molecule has 9 heavy (non-hydrogen) atoms. The topological polar surface area (TPSA) is 32.3 Å². The van der Waals surface area contributed by atoms with Crippen LogP contribution in [0.5, 0.6) is 0 Å². The van der Waals surface area contributed by atoms with E-state index in [4.69, 9.17) is 11.5 Å². The standard InChI is InChI=1S/C7H13NO/c1-3-5-8-7(4-2)6-9/h2,7-9H,3,5-6H2,1H3. The van der Waals surface area contributed by atoms with E-state index in [1.165, 1.54) is 0 Å². The fourth-order valence-electron chi connectivity index (χ4n) is 0.495. The van der Waals surface area contributed by atoms with Crippen LogP contribution in [0.3, 0.4) is 0 Å². The highest BCUT2D eigenvalue weighted by atomic mass is 16.3. The van der Waals surface area contributed by atoms with Crippen molar-refractivity contribution < 1.29 is 5.11 Å². The van der Waals surface area contributed by atoms with Crippen molar-refractivity contribution in [3.8, 4) is 12.3 Å². The van der Waals surface area contributed by atoms with Crippen LogP contribution >= 0.6 is 0 Å². The van der Waals surface area contributed by atoms with E-state index in [0.29, 0.717) is 0 Å². The van der Waals surface area contributed by atoms with Gasteiger partial charge in [-0.2, -0.15) is 0 Å². The van der Waals surface area contributed by atoms with Gasteiger partial charge in [-0.1, -0.05) is 12.8 Å². The molecule has 0 aromatic carbocycles. The Morgan fingerprint density at radius 3 is 2.78 bits per heavy atom. The molecule has 0 rings (SSSR count). The normalized spacial score (nSPS) is 12.6. The van der Waals surface area contributed by atoms with Gasteiger partial charge in [0, 0.05) is 0 Å². The summed E-state index contributed by atoms with van der Waals surface area (Å²) in [5.74, 6) is 2.43. The molecule has 0 aromatic heterocycles. The first-order valence-corrected chi connectivity index (χ1v) is 3.15. The van der Waals surface area contributed by atoms with Gasteiger partial charge in [0.05, 0.1) is 12.6 Å². The molecule has 0 fully saturated rings. The van der Waals surface area contributed by atoms with Crippen molar-refractivity contribution in [3.05, 3.63) is 0 Å². The zero-order valence-corrected chi connectivity index (χ0v) is 5.72. The second kappa shape index (κ2) is 5.61. The molecule has 0 radical (unpaired) electrons. The van der Waals surface area contributed by atoms with Crippen molar-refractivity contribution in [2.75, 3.05) is 13.2 Å². The SMILES string of the molecule is C#CC(CO)NCCC. The minimum absolute atomic E-state index is 0.0243. The van der Waals surface area contributed by atoms with E-state index in [1.807, 2.05) is 0 Å². The van der Waals surface area contributed by atoms with Gasteiger partial charge in [0.25, 0.3) is 0 Å². The molecule has 0 heterocycles. The quantitative estimate of drug-likeness (QED) is 0.520. The summed E-state index contributed by atoms with van der Waals surface area (Å²) in [5, 5.41) is 11.5. The van der Waals surface area contributed by atoms with Crippen LogP contribution in [0.2, 0.25) is 0 Å². The summed E-state index contributed by atoms with van der Waals surface area (Å²) in [6.45, 7) is 2.95. The number of nitrogens with one attached hydrogen (secondary N) is 1. The Kier molecular flexibility index (Phi) is 5.29. The predicted molar refractivity (Wildman–Crippen MR) is 38.0 cm³/mol. The summed E-state index contributed by atoms with van der Waals surface area (Å²) in [6, 6.07) is -0.162. The average Bonchev–Trinajstić information content (AvgIpc) is 1.91. The Balaban J connectivity index is 3.23. The second-order valence-electron chi connectivity index (χ2n) is 1.86. The van der Waals surface area contributed by atoms with Crippen LogP contribution in [0.15, 0.2) is 0 Å². The molecular formula is C7H13NO. The summed E-state index contributed by atoms with van der Waals surface area (Å²) in [4.78, 5) is 0. The minimum Gasteiger partial charge on any atom is -0.394 e. The van der Waals surface area contributed by atoms with Crippen molar-refractivity contribution in [3.63, 3.8) is 0 Å². The van der Waals surface area contributed by atoms with Gasteiger partial charge in [0.1, 0.15) is 0 Å². The van der Waals surface area contributed by atoms with Gasteiger partial charge in [-0.3, -0.25) is 0 Å². The molecule has 0 saturated heterocycles. The molecule has 2 nitrogen and oxygen atoms in total. The molecule has 0 aliphatic carbocycles. The van der Waals surface area contributed by atoms with Crippen LogP contribution in [-0.4, -0.2) is 24.3 Å². The lowest BCUT2D eigenvalue weighted by Gasteiger charge is -2.06. The summed E-state index contributed by atoms with van der Waals surface area (Å²) in [7, 11) is 0. The lowest BCUT2D eigenvalue weighted by molar-refractivity contribution is 0.268. The molecule has 1 unspecified atom stereocenters. The third kappa shape index (κ3) is 4.01. The number of terminal acetylenes is 1. The molecule has 52 valence electrons. The highest BCUT2D eigenvalue weighted by molar-refractivity contribution is 4.98. The fraction of sp³-hybridized carbons (Fsp3) is 0.714. The van der Waals surface area contributed by atoms with E-state index < -0.39 is 0 Å². The summed E-state index contributed by atoms with van der Waals surface area (Å²) in [6.07, 6.45) is 6.09. The Morgan fingerprint density at radius 2 is 2.44 bits per heavy atom. The molecule has 0 spiro atoms. The summed E-state index contributed by atoms with van der Waals surface area (Å²) >= 11 is 0. The van der Waals surface area contributed by atoms with E-state index in [9.17, 15) is 0 Å². The van der Waals surface area contributed by atoms with E-state index >= 15 is 0 Å². The predicted octanol–water partition coefficient (Wildman–Crippen LogP) is -0.0199. The van der Waals surface area contributed by atoms with Gasteiger partial charge in [-0.25, -0.2) is 0 Å². The number of aliphatic hydroxyl groups is 1. The van der Waals surface area contributed by atoms with Crippen LogP contribution in [0.4, 0.5) is 0 Å². The minimum atomic E-state index is -0.162. The first-order valence-electron chi connectivity index (χ1n) is 3.15. The zero-order chi connectivity index (χ0) is 7.11. The molecule has 0 amide bonds. The van der Waals surface area contributed by atoms with Crippen molar-refractivity contribution in [2.45, 2.75) is 19.4 Å². The van der Waals surface area contributed by atoms with Crippen LogP contribution in [0.1, 0.15) is 13.3 Å². The first-order chi connectivity index (χ1) is 4.35. The Hall–Kier alpha value is -0.520. The first kappa shape index (κ1) is 8.48. The van der Waals surface area contributed by atoms with Crippen LogP contribution in [0.25, 0.3) is 0 Å². The Labute approximate surface area is 56.3 Å². The van der Waals surface area contributed by atoms with E-state index in [2.05, 4.69) is 18.2 Å². The maximum atomic E-state index is 8.55. The monoisotopic (exact) mass is 127 g/mol. The van der Waals surface area contributed by atoms with Crippen molar-refractivity contribution in [1.82, 2.24) is 5.32 Å². The Bertz CT molecular complexity index is 95.6. The molecule has 0 bridgehead atoms. The lowest BCUT2D eigenvalue weighted by atomic mass is 10.3. The zero-order valence-electron chi connectivity index (χ0n) is 5.72. The fourth-order valence-corrected chi connectivity index (χ4v) is 0.495. The lowest BCUT2D eigenvalue weighted by Crippen LogP contribution is -2.31. The third-order valence-corrected chi connectivity index (χ3v) is 1.02. The maximum Gasteiger partial charge on any atom is 0.0921 e. The van der Waals surface area contributed by atoms with Crippen LogP contribution < -0.4 is 5.32 Å². The van der Waals surface area contributed by atoms with Crippen LogP contribution in [0, 0.1) is 12.3 Å². The Morgan fingerprint density at radius 1 is 1.78 bits per heavy atom. The average molecular weight is 127 g/mol. The number of hydrogen-bond acceptors (Lipinski definition) is 2. The molecule has 2 N–H and O–H groups in total. The highest BCUT2D eigenvalue weighted by Gasteiger charge is 1.97. The number of aliphatic hydroxyl groups excluding tert-OH is 1. The van der Waals surface area contributed by atoms with Crippen molar-refractivity contribution >= 4 is 0 Å². The van der Waals surface area contributed by atoms with Gasteiger partial charge >= 0.3 is 0 Å². The second-order valence-corrected chi connectivity index (χ2v) is 1.86. The van der Waals surface area contributed by atoms with Gasteiger partial charge in [0.15, 0.2) is 0 Å². The molecule has 2 heteroatoms. The molecule has 0 aromatic rings. The van der Waals surface area contributed by atoms with Gasteiger partial charge in [-0.05, 0) is 13.0 Å². The van der Waals surface area contributed by atoms with Crippen LogP contribution in [-0.2, 0) is 0 Å². The molecular weight excluding hydrogens is 114 g/mol. The highest BCUT2D eigenvalue weighted by Crippen LogP contribution is 1.78. The van der Waals surface area contributed by atoms with Crippen molar-refractivity contribution in [2.24, 2.45) is 0 Å². The number of hydrogen-bond donors (Lipinski definition) is 2. The van der Waals surface area contributed by atoms with Gasteiger partial charge < -0.3 is 10.4 Å². The largest absolute Gasteiger partial charge is 0.394 e. The van der Waals surface area contributed by atoms with E-state index in [0.717, 1.165) is 13.0 Å². The van der Waals surface area contributed by atoms with Crippen molar-refractivity contribution in [1.29, 1.82) is 0 Å². The summed E-state index contributed by atoms with van der Waals surface area (Å²) < 4.78 is 0. The molecule has 0 aliphatic rings. The van der Waals surface area contributed by atoms with E-state index in [-0.39, 0.29) is 12.6 Å². The third-order valence-electron chi connectivity index (χ3n) is 1.02. The molecule has 1 atom stereocenters. The number of rotatable bonds is 4. The molecule has 0 aliphatic heterocycles. The van der Waals surface area contributed by atoms with Gasteiger partial charge in [0.2, 0.25) is 0 Å². The molecule has 0 saturated carbocycles. The summed E-state index contributed by atoms with van der Waals surface area (Å²) in [5.41, 5.74) is 0. The smallest absolute Gasteiger partial charge is 0.0921 e. The van der Waals surface area contributed by atoms with Gasteiger partial charge in [-0.15, -0.1) is 6.42 Å².